The van der Waals surface area contributed by atoms with Crippen LogP contribution in [0.1, 0.15) is 5.01 Å². The van der Waals surface area contributed by atoms with Crippen LogP contribution in [0.2, 0.25) is 0 Å². The first kappa shape index (κ1) is 11.3. The van der Waals surface area contributed by atoms with E-state index in [4.69, 9.17) is 4.74 Å². The quantitative estimate of drug-likeness (QED) is 0.926. The van der Waals surface area contributed by atoms with Gasteiger partial charge in [0.15, 0.2) is 0 Å². The Hall–Kier alpha value is -0.750. The third-order valence-corrected chi connectivity index (χ3v) is 4.50. The van der Waals surface area contributed by atoms with Crippen molar-refractivity contribution in [3.63, 3.8) is 0 Å². The summed E-state index contributed by atoms with van der Waals surface area (Å²) in [4.78, 5) is 5.91. The Morgan fingerprint density at radius 3 is 3.24 bits per heavy atom. The number of morpholine rings is 1. The third-order valence-electron chi connectivity index (χ3n) is 2.73. The second-order valence-electron chi connectivity index (χ2n) is 4.00. The molecule has 17 heavy (non-hydrogen) atoms. The molecule has 0 spiro atoms. The molecule has 0 radical (unpaired) electrons. The SMILES string of the molecule is c1csc(-c2csc(CC3CNCCO3)n2)c1. The summed E-state index contributed by atoms with van der Waals surface area (Å²) in [6.07, 6.45) is 1.20. The van der Waals surface area contributed by atoms with Gasteiger partial charge in [0, 0.05) is 24.9 Å². The number of ether oxygens (including phenoxy) is 1. The highest BCUT2D eigenvalue weighted by molar-refractivity contribution is 7.14. The lowest BCUT2D eigenvalue weighted by molar-refractivity contribution is 0.0292. The van der Waals surface area contributed by atoms with Crippen LogP contribution in [0.5, 0.6) is 0 Å². The first-order valence-electron chi connectivity index (χ1n) is 5.72. The molecule has 3 nitrogen and oxygen atoms in total. The van der Waals surface area contributed by atoms with Gasteiger partial charge >= 0.3 is 0 Å². The van der Waals surface area contributed by atoms with Gasteiger partial charge < -0.3 is 10.1 Å². The van der Waals surface area contributed by atoms with Crippen LogP contribution in [0.15, 0.2) is 22.9 Å². The van der Waals surface area contributed by atoms with E-state index in [1.165, 1.54) is 9.88 Å². The maximum atomic E-state index is 5.69. The molecular weight excluding hydrogens is 252 g/mol. The normalized spacial score (nSPS) is 20.6. The molecule has 1 saturated heterocycles. The summed E-state index contributed by atoms with van der Waals surface area (Å²) in [6.45, 7) is 2.72. The molecule has 5 heteroatoms. The molecule has 0 aliphatic carbocycles. The van der Waals surface area contributed by atoms with Crippen molar-refractivity contribution in [1.82, 2.24) is 10.3 Å². The molecule has 1 unspecified atom stereocenters. The molecule has 0 bridgehead atoms. The van der Waals surface area contributed by atoms with Crippen LogP contribution in [0, 0.1) is 0 Å². The maximum Gasteiger partial charge on any atom is 0.0959 e. The highest BCUT2D eigenvalue weighted by Gasteiger charge is 2.16. The van der Waals surface area contributed by atoms with Crippen molar-refractivity contribution < 1.29 is 4.74 Å². The zero-order valence-corrected chi connectivity index (χ0v) is 11.0. The minimum absolute atomic E-state index is 0.283. The molecule has 1 aliphatic rings. The topological polar surface area (TPSA) is 34.1 Å². The molecule has 0 aromatic carbocycles. The lowest BCUT2D eigenvalue weighted by Crippen LogP contribution is -2.39. The zero-order valence-electron chi connectivity index (χ0n) is 9.39. The molecule has 3 heterocycles. The summed E-state index contributed by atoms with van der Waals surface area (Å²) in [7, 11) is 0. The fourth-order valence-corrected chi connectivity index (χ4v) is 3.51. The number of nitrogens with one attached hydrogen (secondary N) is 1. The summed E-state index contributed by atoms with van der Waals surface area (Å²) in [6, 6.07) is 4.18. The smallest absolute Gasteiger partial charge is 0.0959 e. The van der Waals surface area contributed by atoms with E-state index in [0.29, 0.717) is 0 Å². The van der Waals surface area contributed by atoms with E-state index in [1.807, 2.05) is 0 Å². The molecule has 1 atom stereocenters. The van der Waals surface area contributed by atoms with Crippen molar-refractivity contribution in [3.05, 3.63) is 27.9 Å². The number of nitrogens with zero attached hydrogens (tertiary/aromatic N) is 1. The first-order chi connectivity index (χ1) is 8.42. The van der Waals surface area contributed by atoms with Crippen LogP contribution in [0.25, 0.3) is 10.6 Å². The van der Waals surface area contributed by atoms with Crippen LogP contribution in [0.3, 0.4) is 0 Å². The molecule has 1 N–H and O–H groups in total. The van der Waals surface area contributed by atoms with Gasteiger partial charge in [0.1, 0.15) is 0 Å². The van der Waals surface area contributed by atoms with E-state index in [-0.39, 0.29) is 6.10 Å². The predicted molar refractivity (Wildman–Crippen MR) is 71.7 cm³/mol. The number of thiophene rings is 1. The minimum atomic E-state index is 0.283. The van der Waals surface area contributed by atoms with Gasteiger partial charge in [-0.2, -0.15) is 0 Å². The van der Waals surface area contributed by atoms with Gasteiger partial charge in [0.05, 0.1) is 28.3 Å². The number of rotatable bonds is 3. The molecular formula is C12H14N2OS2. The van der Waals surface area contributed by atoms with Crippen LogP contribution in [-0.2, 0) is 11.2 Å². The molecule has 0 amide bonds. The first-order valence-corrected chi connectivity index (χ1v) is 7.48. The summed E-state index contributed by atoms with van der Waals surface area (Å²) in [5.74, 6) is 0. The Balaban J connectivity index is 1.68. The zero-order chi connectivity index (χ0) is 11.5. The monoisotopic (exact) mass is 266 g/mol. The second-order valence-corrected chi connectivity index (χ2v) is 5.90. The van der Waals surface area contributed by atoms with E-state index in [0.717, 1.165) is 31.8 Å². The van der Waals surface area contributed by atoms with Gasteiger partial charge in [-0.05, 0) is 11.4 Å². The lowest BCUT2D eigenvalue weighted by atomic mass is 10.2. The van der Waals surface area contributed by atoms with Crippen LogP contribution >= 0.6 is 22.7 Å². The van der Waals surface area contributed by atoms with Gasteiger partial charge in [0.25, 0.3) is 0 Å². The standard InChI is InChI=1S/C12H14N2OS2/c1-2-11(16-5-1)10-8-17-12(14-10)6-9-7-13-3-4-15-9/h1-2,5,8-9,13H,3-4,6-7H2. The van der Waals surface area contributed by atoms with Crippen molar-refractivity contribution in [1.29, 1.82) is 0 Å². The van der Waals surface area contributed by atoms with Crippen molar-refractivity contribution in [3.8, 4) is 10.6 Å². The van der Waals surface area contributed by atoms with Gasteiger partial charge in [-0.1, -0.05) is 6.07 Å². The number of aromatic nitrogens is 1. The highest BCUT2D eigenvalue weighted by Crippen LogP contribution is 2.26. The molecule has 90 valence electrons. The van der Waals surface area contributed by atoms with E-state index < -0.39 is 0 Å². The Bertz CT molecular complexity index is 461. The van der Waals surface area contributed by atoms with Gasteiger partial charge in [-0.25, -0.2) is 4.98 Å². The second kappa shape index (κ2) is 5.27. The summed E-state index contributed by atoms with van der Waals surface area (Å²) < 4.78 is 5.69. The summed E-state index contributed by atoms with van der Waals surface area (Å²) in [5.41, 5.74) is 1.10. The maximum absolute atomic E-state index is 5.69. The molecule has 1 aliphatic heterocycles. The van der Waals surface area contributed by atoms with E-state index in [2.05, 4.69) is 33.2 Å². The van der Waals surface area contributed by atoms with Crippen molar-refractivity contribution in [2.75, 3.05) is 19.7 Å². The fraction of sp³-hybridized carbons (Fsp3) is 0.417. The van der Waals surface area contributed by atoms with Crippen molar-refractivity contribution in [2.24, 2.45) is 0 Å². The van der Waals surface area contributed by atoms with E-state index in [9.17, 15) is 0 Å². The Morgan fingerprint density at radius 2 is 2.47 bits per heavy atom. The van der Waals surface area contributed by atoms with E-state index >= 15 is 0 Å². The van der Waals surface area contributed by atoms with Crippen molar-refractivity contribution in [2.45, 2.75) is 12.5 Å². The molecule has 2 aromatic rings. The number of hydrogen-bond donors (Lipinski definition) is 1. The average molecular weight is 266 g/mol. The average Bonchev–Trinajstić information content (AvgIpc) is 3.00. The van der Waals surface area contributed by atoms with Crippen LogP contribution < -0.4 is 5.32 Å². The largest absolute Gasteiger partial charge is 0.375 e. The van der Waals surface area contributed by atoms with Gasteiger partial charge in [-0.3, -0.25) is 0 Å². The molecule has 3 rings (SSSR count). The van der Waals surface area contributed by atoms with Gasteiger partial charge in [-0.15, -0.1) is 22.7 Å². The molecule has 1 fully saturated rings. The van der Waals surface area contributed by atoms with Gasteiger partial charge in [0.2, 0.25) is 0 Å². The molecule has 2 aromatic heterocycles. The Labute approximate surface area is 108 Å². The Morgan fingerprint density at radius 1 is 1.47 bits per heavy atom. The predicted octanol–water partition coefficient (Wildman–Crippen LogP) is 2.40. The number of hydrogen-bond acceptors (Lipinski definition) is 5. The minimum Gasteiger partial charge on any atom is -0.375 e. The molecule has 0 saturated carbocycles. The van der Waals surface area contributed by atoms with Crippen molar-refractivity contribution >= 4 is 22.7 Å². The summed E-state index contributed by atoms with van der Waals surface area (Å²) in [5, 5.41) is 8.73. The highest BCUT2D eigenvalue weighted by atomic mass is 32.1. The lowest BCUT2D eigenvalue weighted by Gasteiger charge is -2.22. The Kier molecular flexibility index (Phi) is 3.51. The number of thiazole rings is 1. The fourth-order valence-electron chi connectivity index (χ4n) is 1.89. The van der Waals surface area contributed by atoms with E-state index in [1.54, 1.807) is 22.7 Å². The third kappa shape index (κ3) is 2.74. The summed E-state index contributed by atoms with van der Waals surface area (Å²) >= 11 is 3.47. The van der Waals surface area contributed by atoms with Crippen LogP contribution in [0.4, 0.5) is 0 Å². The van der Waals surface area contributed by atoms with Crippen LogP contribution in [-0.4, -0.2) is 30.8 Å².